The van der Waals surface area contributed by atoms with Gasteiger partial charge < -0.3 is 11.0 Å². The Kier molecular flexibility index (Phi) is 4.56. The van der Waals surface area contributed by atoms with Gasteiger partial charge in [-0.2, -0.15) is 0 Å². The minimum absolute atomic E-state index is 0.0557. The highest BCUT2D eigenvalue weighted by molar-refractivity contribution is 6.04. The fourth-order valence-electron chi connectivity index (χ4n) is 2.26. The zero-order valence-corrected chi connectivity index (χ0v) is 10.3. The molecule has 90 valence electrons. The number of hydrogen-bond donors (Lipinski definition) is 2. The van der Waals surface area contributed by atoms with Crippen LogP contribution in [0.4, 0.5) is 0 Å². The molecule has 2 aromatic rings. The number of nitrogens with one attached hydrogen (secondary N) is 1. The van der Waals surface area contributed by atoms with Crippen LogP contribution in [0.25, 0.3) is 0 Å². The second-order valence-electron chi connectivity index (χ2n) is 4.37. The first kappa shape index (κ1) is 12.9. The molecule has 0 saturated carbocycles. The van der Waals surface area contributed by atoms with Crippen LogP contribution in [0, 0.1) is 0 Å². The van der Waals surface area contributed by atoms with Crippen LogP contribution in [0.1, 0.15) is 17.0 Å². The SMILES string of the molecule is [B]NC[C@@H](N)C(c1ccccc1)c1ccccc1. The van der Waals surface area contributed by atoms with Crippen molar-refractivity contribution in [2.75, 3.05) is 6.54 Å². The molecule has 0 aliphatic carbocycles. The van der Waals surface area contributed by atoms with Crippen LogP contribution in [0.15, 0.2) is 60.7 Å². The summed E-state index contributed by atoms with van der Waals surface area (Å²) >= 11 is 0. The first-order valence-electron chi connectivity index (χ1n) is 6.12. The first-order valence-corrected chi connectivity index (χ1v) is 6.12. The molecule has 2 radical (unpaired) electrons. The third-order valence-corrected chi connectivity index (χ3v) is 3.10. The van der Waals surface area contributed by atoms with E-state index in [4.69, 9.17) is 13.7 Å². The molecule has 2 nitrogen and oxygen atoms in total. The van der Waals surface area contributed by atoms with Crippen molar-refractivity contribution in [1.82, 2.24) is 5.23 Å². The molecule has 2 aromatic carbocycles. The molecule has 0 unspecified atom stereocenters. The minimum Gasteiger partial charge on any atom is -0.365 e. The number of nitrogens with two attached hydrogens (primary N) is 1. The van der Waals surface area contributed by atoms with Gasteiger partial charge in [-0.15, -0.1) is 0 Å². The van der Waals surface area contributed by atoms with Crippen molar-refractivity contribution >= 4 is 7.98 Å². The summed E-state index contributed by atoms with van der Waals surface area (Å²) in [6.45, 7) is 0.578. The van der Waals surface area contributed by atoms with Crippen LogP contribution in [0.5, 0.6) is 0 Å². The van der Waals surface area contributed by atoms with E-state index in [0.717, 1.165) is 0 Å². The van der Waals surface area contributed by atoms with Gasteiger partial charge in [0.15, 0.2) is 7.98 Å². The molecule has 2 rings (SSSR count). The number of rotatable bonds is 5. The fourth-order valence-corrected chi connectivity index (χ4v) is 2.26. The van der Waals surface area contributed by atoms with Gasteiger partial charge in [-0.05, 0) is 11.1 Å². The average Bonchev–Trinajstić information content (AvgIpc) is 2.42. The molecule has 0 aliphatic rings. The van der Waals surface area contributed by atoms with Gasteiger partial charge >= 0.3 is 0 Å². The molecule has 0 aliphatic heterocycles. The van der Waals surface area contributed by atoms with Crippen LogP contribution < -0.4 is 11.0 Å². The van der Waals surface area contributed by atoms with E-state index in [-0.39, 0.29) is 12.0 Å². The highest BCUT2D eigenvalue weighted by Crippen LogP contribution is 2.26. The van der Waals surface area contributed by atoms with Crippen molar-refractivity contribution in [1.29, 1.82) is 0 Å². The average molecular weight is 236 g/mol. The summed E-state index contributed by atoms with van der Waals surface area (Å²) in [7, 11) is 5.39. The normalized spacial score (nSPS) is 12.6. The Hall–Kier alpha value is -1.58. The van der Waals surface area contributed by atoms with Gasteiger partial charge in [0.05, 0.1) is 0 Å². The molecular formula is C15H17BN2. The topological polar surface area (TPSA) is 38.0 Å². The first-order chi connectivity index (χ1) is 8.83. The predicted octanol–water partition coefficient (Wildman–Crippen LogP) is 1.82. The van der Waals surface area contributed by atoms with Gasteiger partial charge in [-0.1, -0.05) is 60.7 Å². The zero-order chi connectivity index (χ0) is 12.8. The zero-order valence-electron chi connectivity index (χ0n) is 10.3. The Bertz CT molecular complexity index is 419. The van der Waals surface area contributed by atoms with Gasteiger partial charge in [-0.3, -0.25) is 0 Å². The van der Waals surface area contributed by atoms with Gasteiger partial charge in [0, 0.05) is 18.5 Å². The standard InChI is InChI=1S/C15H17BN2/c16-18-11-14(17)15(12-7-3-1-4-8-12)13-9-5-2-6-10-13/h1-10,14-15,18H,11,17H2/t14-/m1/s1. The highest BCUT2D eigenvalue weighted by atomic mass is 14.8. The summed E-state index contributed by atoms with van der Waals surface area (Å²) in [6, 6.07) is 20.5. The van der Waals surface area contributed by atoms with Crippen molar-refractivity contribution in [3.8, 4) is 0 Å². The molecule has 0 bridgehead atoms. The Morgan fingerprint density at radius 3 is 1.72 bits per heavy atom. The maximum Gasteiger partial charge on any atom is 0.177 e. The smallest absolute Gasteiger partial charge is 0.177 e. The van der Waals surface area contributed by atoms with E-state index in [1.54, 1.807) is 0 Å². The lowest BCUT2D eigenvalue weighted by molar-refractivity contribution is 0.585. The van der Waals surface area contributed by atoms with E-state index >= 15 is 0 Å². The van der Waals surface area contributed by atoms with Crippen molar-refractivity contribution in [2.24, 2.45) is 5.73 Å². The third-order valence-electron chi connectivity index (χ3n) is 3.10. The summed E-state index contributed by atoms with van der Waals surface area (Å²) in [5, 5.41) is 2.66. The number of hydrogen-bond acceptors (Lipinski definition) is 2. The summed E-state index contributed by atoms with van der Waals surface area (Å²) < 4.78 is 0. The minimum atomic E-state index is -0.0557. The molecule has 18 heavy (non-hydrogen) atoms. The Balaban J connectivity index is 2.35. The summed E-state index contributed by atoms with van der Waals surface area (Å²) in [6.07, 6.45) is 0. The predicted molar refractivity (Wildman–Crippen MR) is 76.5 cm³/mol. The number of benzene rings is 2. The maximum atomic E-state index is 6.25. The third kappa shape index (κ3) is 3.00. The molecule has 0 aromatic heterocycles. The molecule has 1 atom stereocenters. The van der Waals surface area contributed by atoms with Gasteiger partial charge in [0.2, 0.25) is 0 Å². The lowest BCUT2D eigenvalue weighted by Gasteiger charge is -2.25. The lowest BCUT2D eigenvalue weighted by atomic mass is 9.85. The van der Waals surface area contributed by atoms with E-state index in [9.17, 15) is 0 Å². The summed E-state index contributed by atoms with van der Waals surface area (Å²) in [5.41, 5.74) is 8.68. The molecule has 0 fully saturated rings. The fraction of sp³-hybridized carbons (Fsp3) is 0.200. The van der Waals surface area contributed by atoms with E-state index < -0.39 is 0 Å². The highest BCUT2D eigenvalue weighted by Gasteiger charge is 2.20. The van der Waals surface area contributed by atoms with Crippen LogP contribution in [-0.2, 0) is 0 Å². The summed E-state index contributed by atoms with van der Waals surface area (Å²) in [5.74, 6) is 0.156. The van der Waals surface area contributed by atoms with E-state index in [2.05, 4.69) is 29.5 Å². The largest absolute Gasteiger partial charge is 0.365 e. The van der Waals surface area contributed by atoms with E-state index in [1.165, 1.54) is 11.1 Å². The van der Waals surface area contributed by atoms with Crippen LogP contribution in [-0.4, -0.2) is 20.6 Å². The molecule has 0 saturated heterocycles. The second-order valence-corrected chi connectivity index (χ2v) is 4.37. The van der Waals surface area contributed by atoms with Crippen LogP contribution >= 0.6 is 0 Å². The van der Waals surface area contributed by atoms with Crippen molar-refractivity contribution in [3.63, 3.8) is 0 Å². The molecule has 3 heteroatoms. The van der Waals surface area contributed by atoms with E-state index in [0.29, 0.717) is 6.54 Å². The molecule has 0 amide bonds. The van der Waals surface area contributed by atoms with Gasteiger partial charge in [0.1, 0.15) is 0 Å². The second kappa shape index (κ2) is 6.38. The Morgan fingerprint density at radius 2 is 1.33 bits per heavy atom. The van der Waals surface area contributed by atoms with Crippen LogP contribution in [0.2, 0.25) is 0 Å². The molecule has 3 N–H and O–H groups in total. The van der Waals surface area contributed by atoms with Gasteiger partial charge in [-0.25, -0.2) is 0 Å². The summed E-state index contributed by atoms with van der Waals surface area (Å²) in [4.78, 5) is 0. The van der Waals surface area contributed by atoms with Crippen LogP contribution in [0.3, 0.4) is 0 Å². The molecular weight excluding hydrogens is 219 g/mol. The molecule has 0 spiro atoms. The molecule has 0 heterocycles. The van der Waals surface area contributed by atoms with Crippen molar-refractivity contribution in [2.45, 2.75) is 12.0 Å². The van der Waals surface area contributed by atoms with Gasteiger partial charge in [0.25, 0.3) is 0 Å². The van der Waals surface area contributed by atoms with E-state index in [1.807, 2.05) is 36.4 Å². The Morgan fingerprint density at radius 1 is 0.889 bits per heavy atom. The quantitative estimate of drug-likeness (QED) is 0.777. The lowest BCUT2D eigenvalue weighted by Crippen LogP contribution is -2.38. The maximum absolute atomic E-state index is 6.25. The van der Waals surface area contributed by atoms with Crippen molar-refractivity contribution in [3.05, 3.63) is 71.8 Å². The monoisotopic (exact) mass is 236 g/mol. The Labute approximate surface area is 110 Å². The van der Waals surface area contributed by atoms with Crippen molar-refractivity contribution < 1.29 is 0 Å².